The van der Waals surface area contributed by atoms with Crippen LogP contribution >= 0.6 is 24.0 Å². The Bertz CT molecular complexity index is 752. The standard InChI is InChI=1S/C20H30N6.HI/c1-6-19-24-23-15-26(19)12-11-21-20(22-13-16(2)3)25(5)14-18-10-8-7-9-17(18)4;/h7-10,15H,2,6,11-14H2,1,3-5H3,(H,21,22);1H. The molecule has 0 bridgehead atoms. The summed E-state index contributed by atoms with van der Waals surface area (Å²) in [6.07, 6.45) is 2.66. The number of nitrogens with zero attached hydrogens (tertiary/aromatic N) is 5. The molecule has 0 amide bonds. The number of aromatic nitrogens is 3. The lowest BCUT2D eigenvalue weighted by Crippen LogP contribution is -2.40. The third kappa shape index (κ3) is 7.32. The maximum atomic E-state index is 4.70. The fourth-order valence-corrected chi connectivity index (χ4v) is 2.67. The monoisotopic (exact) mass is 482 g/mol. The quantitative estimate of drug-likeness (QED) is 0.271. The minimum absolute atomic E-state index is 0. The molecule has 0 fully saturated rings. The molecule has 0 aliphatic carbocycles. The summed E-state index contributed by atoms with van der Waals surface area (Å²) in [5, 5.41) is 11.6. The molecule has 6 nitrogen and oxygen atoms in total. The zero-order valence-electron chi connectivity index (χ0n) is 16.8. The second-order valence-corrected chi connectivity index (χ2v) is 6.60. The fourth-order valence-electron chi connectivity index (χ4n) is 2.67. The average Bonchev–Trinajstić information content (AvgIpc) is 3.07. The molecule has 1 heterocycles. The molecule has 27 heavy (non-hydrogen) atoms. The van der Waals surface area contributed by atoms with E-state index in [1.54, 1.807) is 6.33 Å². The zero-order valence-corrected chi connectivity index (χ0v) is 19.1. The van der Waals surface area contributed by atoms with E-state index in [4.69, 9.17) is 4.99 Å². The Morgan fingerprint density at radius 3 is 2.74 bits per heavy atom. The highest BCUT2D eigenvalue weighted by Crippen LogP contribution is 2.09. The van der Waals surface area contributed by atoms with E-state index in [1.807, 2.05) is 6.92 Å². The van der Waals surface area contributed by atoms with Gasteiger partial charge in [0.15, 0.2) is 5.96 Å². The molecule has 2 rings (SSSR count). The molecule has 0 atom stereocenters. The largest absolute Gasteiger partial charge is 0.354 e. The van der Waals surface area contributed by atoms with Gasteiger partial charge in [0.1, 0.15) is 12.2 Å². The smallest absolute Gasteiger partial charge is 0.194 e. The zero-order chi connectivity index (χ0) is 18.9. The van der Waals surface area contributed by atoms with Crippen LogP contribution in [-0.2, 0) is 19.5 Å². The van der Waals surface area contributed by atoms with Gasteiger partial charge in [-0.1, -0.05) is 43.3 Å². The summed E-state index contributed by atoms with van der Waals surface area (Å²) in [5.41, 5.74) is 3.63. The van der Waals surface area contributed by atoms with Crippen LogP contribution in [0.25, 0.3) is 0 Å². The summed E-state index contributed by atoms with van der Waals surface area (Å²) < 4.78 is 2.07. The van der Waals surface area contributed by atoms with Crippen LogP contribution in [0.5, 0.6) is 0 Å². The van der Waals surface area contributed by atoms with Gasteiger partial charge in [0, 0.05) is 33.1 Å². The molecule has 0 spiro atoms. The van der Waals surface area contributed by atoms with Crippen molar-refractivity contribution in [3.8, 4) is 0 Å². The van der Waals surface area contributed by atoms with Crippen LogP contribution in [0.3, 0.4) is 0 Å². The summed E-state index contributed by atoms with van der Waals surface area (Å²) in [6, 6.07) is 8.44. The van der Waals surface area contributed by atoms with E-state index < -0.39 is 0 Å². The van der Waals surface area contributed by atoms with Crippen molar-refractivity contribution in [3.05, 3.63) is 59.7 Å². The number of rotatable bonds is 8. The molecule has 0 unspecified atom stereocenters. The van der Waals surface area contributed by atoms with E-state index in [9.17, 15) is 0 Å². The lowest BCUT2D eigenvalue weighted by Gasteiger charge is -2.23. The van der Waals surface area contributed by atoms with E-state index in [2.05, 4.69) is 76.7 Å². The molecule has 1 aromatic heterocycles. The number of hydrogen-bond acceptors (Lipinski definition) is 3. The van der Waals surface area contributed by atoms with Crippen LogP contribution in [0, 0.1) is 6.92 Å². The summed E-state index contributed by atoms with van der Waals surface area (Å²) in [5.74, 6) is 1.88. The van der Waals surface area contributed by atoms with Crippen LogP contribution in [0.1, 0.15) is 30.8 Å². The second kappa shape index (κ2) is 11.7. The van der Waals surface area contributed by atoms with Gasteiger partial charge >= 0.3 is 0 Å². The van der Waals surface area contributed by atoms with Gasteiger partial charge < -0.3 is 14.8 Å². The van der Waals surface area contributed by atoms with Crippen molar-refractivity contribution >= 4 is 29.9 Å². The van der Waals surface area contributed by atoms with Crippen molar-refractivity contribution in [2.45, 2.75) is 40.3 Å². The van der Waals surface area contributed by atoms with Gasteiger partial charge in [0.2, 0.25) is 0 Å². The minimum Gasteiger partial charge on any atom is -0.354 e. The Hall–Kier alpha value is -1.90. The Balaban J connectivity index is 0.00000364. The van der Waals surface area contributed by atoms with Crippen LogP contribution < -0.4 is 5.32 Å². The summed E-state index contributed by atoms with van der Waals surface area (Å²) in [4.78, 5) is 6.85. The number of aryl methyl sites for hydroxylation is 2. The van der Waals surface area contributed by atoms with Gasteiger partial charge in [0.05, 0.1) is 6.54 Å². The predicted molar refractivity (Wildman–Crippen MR) is 123 cm³/mol. The molecule has 0 radical (unpaired) electrons. The second-order valence-electron chi connectivity index (χ2n) is 6.60. The van der Waals surface area contributed by atoms with Gasteiger partial charge in [-0.2, -0.15) is 0 Å². The lowest BCUT2D eigenvalue weighted by molar-refractivity contribution is 0.470. The van der Waals surface area contributed by atoms with Gasteiger partial charge in [-0.05, 0) is 25.0 Å². The van der Waals surface area contributed by atoms with E-state index in [-0.39, 0.29) is 24.0 Å². The number of nitrogens with one attached hydrogen (secondary N) is 1. The first-order chi connectivity index (χ1) is 12.5. The molecule has 148 valence electrons. The number of aliphatic imine (C=N–C) groups is 1. The van der Waals surface area contributed by atoms with E-state index >= 15 is 0 Å². The number of hydrogen-bond donors (Lipinski definition) is 1. The van der Waals surface area contributed by atoms with Gasteiger partial charge in [0.25, 0.3) is 0 Å². The molecule has 0 saturated heterocycles. The third-order valence-corrected chi connectivity index (χ3v) is 4.18. The van der Waals surface area contributed by atoms with Crippen molar-refractivity contribution in [3.63, 3.8) is 0 Å². The minimum atomic E-state index is 0. The van der Waals surface area contributed by atoms with Crippen molar-refractivity contribution in [2.75, 3.05) is 20.1 Å². The normalized spacial score (nSPS) is 11.0. The molecule has 0 aliphatic heterocycles. The Labute approximate surface area is 179 Å². The first kappa shape index (κ1) is 23.1. The highest BCUT2D eigenvalue weighted by molar-refractivity contribution is 14.0. The maximum Gasteiger partial charge on any atom is 0.194 e. The molecule has 7 heteroatoms. The van der Waals surface area contributed by atoms with E-state index in [1.165, 1.54) is 11.1 Å². The predicted octanol–water partition coefficient (Wildman–Crippen LogP) is 3.42. The molecular formula is C20H31IN6. The average molecular weight is 482 g/mol. The first-order valence-electron chi connectivity index (χ1n) is 9.06. The third-order valence-electron chi connectivity index (χ3n) is 4.18. The number of guanidine groups is 1. The summed E-state index contributed by atoms with van der Waals surface area (Å²) in [6.45, 7) is 13.2. The van der Waals surface area contributed by atoms with Gasteiger partial charge in [-0.15, -0.1) is 34.2 Å². The Morgan fingerprint density at radius 1 is 1.33 bits per heavy atom. The highest BCUT2D eigenvalue weighted by atomic mass is 127. The fraction of sp³-hybridized carbons (Fsp3) is 0.450. The van der Waals surface area contributed by atoms with Gasteiger partial charge in [-0.3, -0.25) is 0 Å². The molecular weight excluding hydrogens is 451 g/mol. The molecule has 0 saturated carbocycles. The Kier molecular flexibility index (Phi) is 10.1. The molecule has 1 aromatic carbocycles. The lowest BCUT2D eigenvalue weighted by atomic mass is 10.1. The number of halogens is 1. The van der Waals surface area contributed by atoms with Crippen molar-refractivity contribution in [1.82, 2.24) is 25.0 Å². The first-order valence-corrected chi connectivity index (χ1v) is 9.06. The van der Waals surface area contributed by atoms with Crippen LogP contribution in [0.2, 0.25) is 0 Å². The van der Waals surface area contributed by atoms with Crippen LogP contribution in [0.15, 0.2) is 47.7 Å². The van der Waals surface area contributed by atoms with Gasteiger partial charge in [-0.25, -0.2) is 4.99 Å². The maximum absolute atomic E-state index is 4.70. The van der Waals surface area contributed by atoms with E-state index in [0.29, 0.717) is 6.54 Å². The summed E-state index contributed by atoms with van der Waals surface area (Å²) >= 11 is 0. The topological polar surface area (TPSA) is 58.3 Å². The SMILES string of the molecule is C=C(C)CN=C(NCCn1cnnc1CC)N(C)Cc1ccccc1C.I. The van der Waals surface area contributed by atoms with Crippen LogP contribution in [-0.4, -0.2) is 45.8 Å². The molecule has 0 aliphatic rings. The summed E-state index contributed by atoms with van der Waals surface area (Å²) in [7, 11) is 2.06. The molecule has 2 aromatic rings. The number of benzene rings is 1. The van der Waals surface area contributed by atoms with E-state index in [0.717, 1.165) is 43.4 Å². The van der Waals surface area contributed by atoms with Crippen molar-refractivity contribution in [1.29, 1.82) is 0 Å². The van der Waals surface area contributed by atoms with Crippen LogP contribution in [0.4, 0.5) is 0 Å². The molecule has 1 N–H and O–H groups in total. The Morgan fingerprint density at radius 2 is 2.07 bits per heavy atom. The highest BCUT2D eigenvalue weighted by Gasteiger charge is 2.09. The van der Waals surface area contributed by atoms with Crippen molar-refractivity contribution < 1.29 is 0 Å². The van der Waals surface area contributed by atoms with Crippen molar-refractivity contribution in [2.24, 2.45) is 4.99 Å².